The van der Waals surface area contributed by atoms with Crippen LogP contribution in [0.25, 0.3) is 23.5 Å². The third-order valence-electron chi connectivity index (χ3n) is 3.91. The van der Waals surface area contributed by atoms with Crippen molar-refractivity contribution in [3.8, 4) is 22.8 Å². The highest BCUT2D eigenvalue weighted by Crippen LogP contribution is 2.39. The fourth-order valence-electron chi connectivity index (χ4n) is 2.60. The number of furan rings is 1. The number of aromatic nitrogens is 2. The van der Waals surface area contributed by atoms with Gasteiger partial charge in [0, 0.05) is 6.07 Å². The van der Waals surface area contributed by atoms with E-state index in [1.165, 1.54) is 26.4 Å². The topological polar surface area (TPSA) is 140 Å². The lowest BCUT2D eigenvalue weighted by Gasteiger charge is -2.10. The Morgan fingerprint density at radius 2 is 1.83 bits per heavy atom. The van der Waals surface area contributed by atoms with Gasteiger partial charge in [0.15, 0.2) is 0 Å². The molecule has 29 heavy (non-hydrogen) atoms. The molecule has 0 atom stereocenters. The highest BCUT2D eigenvalue weighted by Gasteiger charge is 2.19. The molecular weight excluding hydrogens is 406 g/mol. The molecule has 0 spiro atoms. The molecule has 0 radical (unpaired) electrons. The normalized spacial score (nSPS) is 11.0. The zero-order valence-electron chi connectivity index (χ0n) is 15.1. The van der Waals surface area contributed by atoms with E-state index in [9.17, 15) is 19.7 Å². The maximum Gasteiger partial charge on any atom is 0.357 e. The van der Waals surface area contributed by atoms with Gasteiger partial charge in [-0.2, -0.15) is 0 Å². The first kappa shape index (κ1) is 20.0. The van der Waals surface area contributed by atoms with Crippen molar-refractivity contribution in [1.29, 1.82) is 0 Å². The maximum absolute atomic E-state index is 11.7. The highest BCUT2D eigenvalue weighted by molar-refractivity contribution is 6.32. The lowest BCUT2D eigenvalue weighted by molar-refractivity contribution is -0.386. The van der Waals surface area contributed by atoms with Gasteiger partial charge in [-0.3, -0.25) is 19.9 Å². The molecule has 10 nitrogen and oxygen atoms in total. The number of methoxy groups -OCH3 is 2. The van der Waals surface area contributed by atoms with Crippen LogP contribution in [0.4, 0.5) is 5.69 Å². The van der Waals surface area contributed by atoms with Crippen molar-refractivity contribution >= 4 is 29.4 Å². The largest absolute Gasteiger partial charge is 0.496 e. The van der Waals surface area contributed by atoms with E-state index in [0.29, 0.717) is 33.6 Å². The molecule has 2 heterocycles. The summed E-state index contributed by atoms with van der Waals surface area (Å²) < 4.78 is 16.2. The average molecular weight is 420 g/mol. The summed E-state index contributed by atoms with van der Waals surface area (Å²) in [7, 11) is 2.96. The van der Waals surface area contributed by atoms with Crippen LogP contribution in [0.3, 0.4) is 0 Å². The Kier molecular flexibility index (Phi) is 5.55. The summed E-state index contributed by atoms with van der Waals surface area (Å²) in [6, 6.07) is 6.48. The number of nitrogens with one attached hydrogen (secondary N) is 2. The third-order valence-corrected chi connectivity index (χ3v) is 4.20. The molecule has 0 saturated heterocycles. The smallest absolute Gasteiger partial charge is 0.357 e. The van der Waals surface area contributed by atoms with Crippen molar-refractivity contribution in [3.05, 3.63) is 71.7 Å². The predicted octanol–water partition coefficient (Wildman–Crippen LogP) is 3.07. The van der Waals surface area contributed by atoms with Crippen molar-refractivity contribution in [3.63, 3.8) is 0 Å². The van der Waals surface area contributed by atoms with E-state index >= 15 is 0 Å². The van der Waals surface area contributed by atoms with Gasteiger partial charge in [0.05, 0.1) is 29.7 Å². The molecular formula is C18H14ClN3O7. The zero-order valence-corrected chi connectivity index (χ0v) is 15.9. The first-order valence-corrected chi connectivity index (χ1v) is 8.42. The minimum atomic E-state index is -1.10. The number of ether oxygens (including phenoxy) is 2. The summed E-state index contributed by atoms with van der Waals surface area (Å²) in [6.45, 7) is 0. The molecule has 0 aliphatic heterocycles. The molecule has 3 aromatic rings. The second-order valence-electron chi connectivity index (χ2n) is 5.65. The Bertz CT molecular complexity index is 1220. The number of H-pyrrole nitrogens is 2. The van der Waals surface area contributed by atoms with Crippen LogP contribution in [0.1, 0.15) is 11.5 Å². The summed E-state index contributed by atoms with van der Waals surface area (Å²) in [5.74, 6) is 1.61. The van der Waals surface area contributed by atoms with Gasteiger partial charge in [0.25, 0.3) is 0 Å². The molecule has 0 saturated carbocycles. The van der Waals surface area contributed by atoms with Crippen molar-refractivity contribution in [1.82, 2.24) is 9.97 Å². The van der Waals surface area contributed by atoms with E-state index in [-0.39, 0.29) is 5.69 Å². The van der Waals surface area contributed by atoms with Gasteiger partial charge in [0.2, 0.25) is 0 Å². The number of nitro groups is 1. The van der Waals surface area contributed by atoms with Gasteiger partial charge in [-0.1, -0.05) is 11.6 Å². The Hall–Kier alpha value is -3.79. The van der Waals surface area contributed by atoms with Crippen LogP contribution in [0.2, 0.25) is 5.02 Å². The number of rotatable bonds is 6. The predicted molar refractivity (Wildman–Crippen MR) is 106 cm³/mol. The van der Waals surface area contributed by atoms with E-state index in [1.807, 2.05) is 4.98 Å². The second-order valence-corrected chi connectivity index (χ2v) is 6.06. The number of benzene rings is 1. The number of nitrogens with zero attached hydrogens (tertiary/aromatic N) is 1. The van der Waals surface area contributed by atoms with E-state index < -0.39 is 21.9 Å². The molecule has 11 heteroatoms. The number of aromatic amines is 2. The van der Waals surface area contributed by atoms with Crippen LogP contribution in [0.5, 0.6) is 11.5 Å². The Morgan fingerprint density at radius 3 is 2.48 bits per heavy atom. The van der Waals surface area contributed by atoms with Crippen molar-refractivity contribution in [2.24, 2.45) is 0 Å². The number of hydrogen-bond acceptors (Lipinski definition) is 7. The van der Waals surface area contributed by atoms with Gasteiger partial charge >= 0.3 is 16.9 Å². The lowest BCUT2D eigenvalue weighted by atomic mass is 10.1. The van der Waals surface area contributed by atoms with Gasteiger partial charge in [-0.15, -0.1) is 0 Å². The first-order chi connectivity index (χ1) is 13.8. The average Bonchev–Trinajstić information content (AvgIpc) is 3.14. The van der Waals surface area contributed by atoms with Crippen LogP contribution in [0.15, 0.2) is 38.3 Å². The lowest BCUT2D eigenvalue weighted by Crippen LogP contribution is -2.25. The molecule has 0 amide bonds. The Labute approximate surface area is 167 Å². The summed E-state index contributed by atoms with van der Waals surface area (Å²) in [5, 5.41) is 11.4. The van der Waals surface area contributed by atoms with Crippen molar-refractivity contribution in [2.75, 3.05) is 14.2 Å². The van der Waals surface area contributed by atoms with E-state index in [0.717, 1.165) is 0 Å². The standard InChI is InChI=1S/C18H14ClN3O7/c1-27-14-8-11(19)15(28-2)7-10(14)13-6-4-9(29-13)3-5-12-16(22(25)26)17(23)21-18(24)20-12/h3-8H,1-2H3,(H2,20,21,23,24)/b5-3+. The molecule has 0 fully saturated rings. The van der Waals surface area contributed by atoms with E-state index in [4.69, 9.17) is 25.5 Å². The van der Waals surface area contributed by atoms with Gasteiger partial charge in [0.1, 0.15) is 28.7 Å². The highest BCUT2D eigenvalue weighted by atomic mass is 35.5. The second kappa shape index (κ2) is 8.07. The van der Waals surface area contributed by atoms with Crippen LogP contribution >= 0.6 is 11.6 Å². The summed E-state index contributed by atoms with van der Waals surface area (Å²) >= 11 is 6.10. The molecule has 2 aromatic heterocycles. The third kappa shape index (κ3) is 4.06. The fraction of sp³-hybridized carbons (Fsp3) is 0.111. The summed E-state index contributed by atoms with van der Waals surface area (Å²) in [6.07, 6.45) is 2.58. The van der Waals surface area contributed by atoms with Crippen molar-refractivity contribution in [2.45, 2.75) is 0 Å². The minimum Gasteiger partial charge on any atom is -0.496 e. The zero-order chi connectivity index (χ0) is 21.1. The van der Waals surface area contributed by atoms with Crippen LogP contribution < -0.4 is 20.7 Å². The molecule has 2 N–H and O–H groups in total. The van der Waals surface area contributed by atoms with Gasteiger partial charge < -0.3 is 18.9 Å². The minimum absolute atomic E-state index is 0.257. The molecule has 0 unspecified atom stereocenters. The molecule has 0 aliphatic rings. The SMILES string of the molecule is COc1cc(-c2ccc(/C=C/c3[nH]c(=O)[nH]c(=O)c3[N+](=O)[O-])o2)c(OC)cc1Cl. The van der Waals surface area contributed by atoms with Crippen molar-refractivity contribution < 1.29 is 18.8 Å². The Balaban J connectivity index is 2.00. The fourth-order valence-corrected chi connectivity index (χ4v) is 2.84. The molecule has 1 aromatic carbocycles. The van der Waals surface area contributed by atoms with Crippen LogP contribution in [-0.4, -0.2) is 29.1 Å². The van der Waals surface area contributed by atoms with Crippen LogP contribution in [0, 0.1) is 10.1 Å². The van der Waals surface area contributed by atoms with Gasteiger partial charge in [-0.05, 0) is 30.4 Å². The van der Waals surface area contributed by atoms with Gasteiger partial charge in [-0.25, -0.2) is 4.79 Å². The molecule has 150 valence electrons. The summed E-state index contributed by atoms with van der Waals surface area (Å²) in [4.78, 5) is 37.3. The summed E-state index contributed by atoms with van der Waals surface area (Å²) in [5.41, 5.74) is -2.43. The number of halogens is 1. The molecule has 0 aliphatic carbocycles. The molecule has 0 bridgehead atoms. The number of hydrogen-bond donors (Lipinski definition) is 2. The maximum atomic E-state index is 11.7. The van der Waals surface area contributed by atoms with E-state index in [1.54, 1.807) is 24.3 Å². The molecule has 3 rings (SSSR count). The van der Waals surface area contributed by atoms with Crippen LogP contribution in [-0.2, 0) is 0 Å². The Morgan fingerprint density at radius 1 is 1.10 bits per heavy atom. The quantitative estimate of drug-likeness (QED) is 0.462. The monoisotopic (exact) mass is 419 g/mol. The van der Waals surface area contributed by atoms with E-state index in [2.05, 4.69) is 4.98 Å². The first-order valence-electron chi connectivity index (χ1n) is 8.05.